The van der Waals surface area contributed by atoms with Crippen LogP contribution in [0.5, 0.6) is 0 Å². The summed E-state index contributed by atoms with van der Waals surface area (Å²) in [6, 6.07) is 10.6. The van der Waals surface area contributed by atoms with Crippen molar-refractivity contribution >= 4 is 5.97 Å². The molecule has 2 bridgehead atoms. The van der Waals surface area contributed by atoms with Gasteiger partial charge in [0.2, 0.25) is 0 Å². The van der Waals surface area contributed by atoms with E-state index < -0.39 is 0 Å². The van der Waals surface area contributed by atoms with E-state index >= 15 is 0 Å². The Morgan fingerprint density at radius 3 is 2.83 bits per heavy atom. The van der Waals surface area contributed by atoms with E-state index in [-0.39, 0.29) is 12.0 Å². The number of esters is 1. The molecule has 3 atom stereocenters. The van der Waals surface area contributed by atoms with E-state index in [0.29, 0.717) is 12.0 Å². The Kier molecular flexibility index (Phi) is 2.92. The third kappa shape index (κ3) is 1.85. The lowest BCUT2D eigenvalue weighted by atomic mass is 10.0. The number of rotatable bonds is 3. The molecule has 3 heteroatoms. The third-order valence-electron chi connectivity index (χ3n) is 3.93. The molecule has 1 aromatic carbocycles. The predicted octanol–water partition coefficient (Wildman–Crippen LogP) is 1.99. The van der Waals surface area contributed by atoms with Crippen LogP contribution in [0.2, 0.25) is 0 Å². The first-order valence-electron chi connectivity index (χ1n) is 6.35. The van der Waals surface area contributed by atoms with Crippen LogP contribution in [-0.2, 0) is 16.1 Å². The molecule has 0 spiro atoms. The second-order valence-corrected chi connectivity index (χ2v) is 4.98. The minimum atomic E-state index is -0.109. The van der Waals surface area contributed by atoms with Gasteiger partial charge in [0.1, 0.15) is 6.04 Å². The lowest BCUT2D eigenvalue weighted by molar-refractivity contribution is -0.147. The first-order chi connectivity index (χ1) is 8.79. The monoisotopic (exact) mass is 243 g/mol. The number of nitrogens with zero attached hydrogens (tertiary/aromatic N) is 1. The molecule has 1 heterocycles. The molecule has 1 aliphatic carbocycles. The summed E-state index contributed by atoms with van der Waals surface area (Å²) < 4.78 is 4.94. The first kappa shape index (κ1) is 11.5. The van der Waals surface area contributed by atoms with Crippen molar-refractivity contribution < 1.29 is 9.53 Å². The third-order valence-corrected chi connectivity index (χ3v) is 3.93. The zero-order chi connectivity index (χ0) is 12.5. The maximum atomic E-state index is 11.9. The molecule has 94 valence electrons. The highest BCUT2D eigenvalue weighted by atomic mass is 16.5. The number of fused-ring (bicyclic) bond motifs is 2. The number of carbonyl (C=O) groups excluding carboxylic acids is 1. The molecule has 0 N–H and O–H groups in total. The zero-order valence-electron chi connectivity index (χ0n) is 10.5. The smallest absolute Gasteiger partial charge is 0.323 e. The molecule has 1 aromatic rings. The van der Waals surface area contributed by atoms with Gasteiger partial charge in [0, 0.05) is 18.5 Å². The minimum Gasteiger partial charge on any atom is -0.468 e. The zero-order valence-corrected chi connectivity index (χ0v) is 10.5. The molecule has 0 radical (unpaired) electrons. The molecule has 0 aromatic heterocycles. The number of methoxy groups -OCH3 is 1. The summed E-state index contributed by atoms with van der Waals surface area (Å²) in [5.74, 6) is 0.217. The van der Waals surface area contributed by atoms with Crippen molar-refractivity contribution in [3.8, 4) is 0 Å². The van der Waals surface area contributed by atoms with Crippen LogP contribution < -0.4 is 0 Å². The summed E-state index contributed by atoms with van der Waals surface area (Å²) in [5.41, 5.74) is 1.24. The molecule has 18 heavy (non-hydrogen) atoms. The molecule has 0 saturated carbocycles. The minimum absolute atomic E-state index is 0.106. The quantitative estimate of drug-likeness (QED) is 0.600. The van der Waals surface area contributed by atoms with E-state index in [4.69, 9.17) is 4.74 Å². The Hall–Kier alpha value is -1.61. The Balaban J connectivity index is 1.82. The van der Waals surface area contributed by atoms with Crippen molar-refractivity contribution in [2.45, 2.75) is 25.0 Å². The van der Waals surface area contributed by atoms with Gasteiger partial charge in [-0.15, -0.1) is 0 Å². The van der Waals surface area contributed by atoms with Gasteiger partial charge in [-0.3, -0.25) is 9.69 Å². The number of hydrogen-bond acceptors (Lipinski definition) is 3. The van der Waals surface area contributed by atoms with Crippen LogP contribution in [0, 0.1) is 5.92 Å². The molecule has 3 nitrogen and oxygen atoms in total. The van der Waals surface area contributed by atoms with Gasteiger partial charge in [0.25, 0.3) is 0 Å². The van der Waals surface area contributed by atoms with Crippen LogP contribution in [0.15, 0.2) is 42.5 Å². The first-order valence-corrected chi connectivity index (χ1v) is 6.35. The van der Waals surface area contributed by atoms with E-state index in [1.807, 2.05) is 18.2 Å². The molecule has 2 aliphatic rings. The van der Waals surface area contributed by atoms with E-state index in [9.17, 15) is 4.79 Å². The lowest BCUT2D eigenvalue weighted by Crippen LogP contribution is -2.44. The summed E-state index contributed by atoms with van der Waals surface area (Å²) in [6.07, 6.45) is 5.42. The number of carbonyl (C=O) groups is 1. The number of hydrogen-bond donors (Lipinski definition) is 0. The summed E-state index contributed by atoms with van der Waals surface area (Å²) in [4.78, 5) is 14.2. The normalized spacial score (nSPS) is 29.7. The topological polar surface area (TPSA) is 29.5 Å². The van der Waals surface area contributed by atoms with E-state index in [1.54, 1.807) is 0 Å². The number of benzene rings is 1. The van der Waals surface area contributed by atoms with Crippen LogP contribution in [0.25, 0.3) is 0 Å². The van der Waals surface area contributed by atoms with Gasteiger partial charge in [-0.05, 0) is 12.0 Å². The van der Waals surface area contributed by atoms with Crippen LogP contribution in [0.4, 0.5) is 0 Å². The molecule has 0 unspecified atom stereocenters. The van der Waals surface area contributed by atoms with E-state index in [0.717, 1.165) is 13.0 Å². The van der Waals surface area contributed by atoms with Crippen molar-refractivity contribution in [2.24, 2.45) is 5.92 Å². The fourth-order valence-corrected chi connectivity index (χ4v) is 3.08. The van der Waals surface area contributed by atoms with Gasteiger partial charge in [-0.2, -0.15) is 0 Å². The highest BCUT2D eigenvalue weighted by Gasteiger charge is 2.46. The molecular weight excluding hydrogens is 226 g/mol. The summed E-state index contributed by atoms with van der Waals surface area (Å²) >= 11 is 0. The molecule has 3 rings (SSSR count). The van der Waals surface area contributed by atoms with Crippen molar-refractivity contribution in [1.82, 2.24) is 4.90 Å². The lowest BCUT2D eigenvalue weighted by Gasteiger charge is -2.30. The number of ether oxygens (including phenoxy) is 1. The highest BCUT2D eigenvalue weighted by Crippen LogP contribution is 2.38. The highest BCUT2D eigenvalue weighted by molar-refractivity contribution is 5.77. The fraction of sp³-hybridized carbons (Fsp3) is 0.400. The Bertz CT molecular complexity index is 469. The fourth-order valence-electron chi connectivity index (χ4n) is 3.08. The summed E-state index contributed by atoms with van der Waals surface area (Å²) in [7, 11) is 1.47. The Labute approximate surface area is 107 Å². The van der Waals surface area contributed by atoms with Crippen LogP contribution in [0.3, 0.4) is 0 Å². The summed E-state index contributed by atoms with van der Waals surface area (Å²) in [6.45, 7) is 0.812. The largest absolute Gasteiger partial charge is 0.468 e. The molecule has 0 amide bonds. The number of likely N-dealkylation sites (tertiary alicyclic amines) is 1. The molecule has 1 aliphatic heterocycles. The molecule has 1 saturated heterocycles. The van der Waals surface area contributed by atoms with Crippen LogP contribution in [0.1, 0.15) is 12.0 Å². The molecular formula is C15H17NO2. The van der Waals surface area contributed by atoms with Gasteiger partial charge < -0.3 is 4.74 Å². The van der Waals surface area contributed by atoms with Gasteiger partial charge in [0.05, 0.1) is 7.11 Å². The second-order valence-electron chi connectivity index (χ2n) is 4.98. The van der Waals surface area contributed by atoms with Crippen molar-refractivity contribution in [2.75, 3.05) is 7.11 Å². The van der Waals surface area contributed by atoms with Crippen LogP contribution in [-0.4, -0.2) is 30.1 Å². The maximum absolute atomic E-state index is 11.9. The average molecular weight is 243 g/mol. The maximum Gasteiger partial charge on any atom is 0.323 e. The molecule has 1 fully saturated rings. The van der Waals surface area contributed by atoms with Crippen molar-refractivity contribution in [3.05, 3.63) is 48.0 Å². The standard InChI is InChI=1S/C15H17NO2/c1-18-15(17)14-12-7-8-13(9-12)16(14)10-11-5-3-2-4-6-11/h2-8,12-14H,9-10H2,1H3/t12-,13-,14-/m0/s1. The van der Waals surface area contributed by atoms with E-state index in [2.05, 4.69) is 29.2 Å². The van der Waals surface area contributed by atoms with Crippen LogP contribution >= 0.6 is 0 Å². The van der Waals surface area contributed by atoms with Crippen molar-refractivity contribution in [1.29, 1.82) is 0 Å². The van der Waals surface area contributed by atoms with Gasteiger partial charge in [-0.1, -0.05) is 42.5 Å². The Morgan fingerprint density at radius 2 is 2.11 bits per heavy atom. The van der Waals surface area contributed by atoms with Crippen molar-refractivity contribution in [3.63, 3.8) is 0 Å². The Morgan fingerprint density at radius 1 is 1.33 bits per heavy atom. The van der Waals surface area contributed by atoms with Gasteiger partial charge in [0.15, 0.2) is 0 Å². The SMILES string of the molecule is COC(=O)[C@@H]1[C@H]2C=C[C@@H](C2)N1Cc1ccccc1. The predicted molar refractivity (Wildman–Crippen MR) is 68.8 cm³/mol. The van der Waals surface area contributed by atoms with Gasteiger partial charge in [-0.25, -0.2) is 0 Å². The summed E-state index contributed by atoms with van der Waals surface area (Å²) in [5, 5.41) is 0. The second kappa shape index (κ2) is 4.58. The van der Waals surface area contributed by atoms with Gasteiger partial charge >= 0.3 is 5.97 Å². The van der Waals surface area contributed by atoms with E-state index in [1.165, 1.54) is 12.7 Å². The average Bonchev–Trinajstić information content (AvgIpc) is 3.00.